The predicted molar refractivity (Wildman–Crippen MR) is 64.1 cm³/mol. The molecule has 1 amide bonds. The highest BCUT2D eigenvalue weighted by molar-refractivity contribution is 5.82. The van der Waals surface area contributed by atoms with Crippen molar-refractivity contribution in [2.24, 2.45) is 5.41 Å². The minimum Gasteiger partial charge on any atom is -0.393 e. The van der Waals surface area contributed by atoms with Crippen molar-refractivity contribution >= 4 is 5.91 Å². The molecule has 0 aromatic heterocycles. The maximum Gasteiger partial charge on any atom is 0.229 e. The Morgan fingerprint density at radius 3 is 2.81 bits per heavy atom. The Balaban J connectivity index is 2.48. The van der Waals surface area contributed by atoms with E-state index in [9.17, 15) is 9.90 Å². The molecule has 0 spiro atoms. The highest BCUT2D eigenvalue weighted by Gasteiger charge is 2.36. The minimum atomic E-state index is -0.340. The summed E-state index contributed by atoms with van der Waals surface area (Å²) in [5.41, 5.74) is -0.258. The summed E-state index contributed by atoms with van der Waals surface area (Å²) in [5.74, 6) is 0.195. The van der Waals surface area contributed by atoms with Crippen LogP contribution in [0.15, 0.2) is 0 Å². The molecule has 2 atom stereocenters. The fourth-order valence-corrected chi connectivity index (χ4v) is 2.18. The number of aliphatic hydroxyl groups excluding tert-OH is 1. The average Bonchev–Trinajstić information content (AvgIpc) is 2.25. The first-order valence-corrected chi connectivity index (χ1v) is 6.10. The smallest absolute Gasteiger partial charge is 0.229 e. The second-order valence-electron chi connectivity index (χ2n) is 5.21. The maximum absolute atomic E-state index is 12.2. The number of hydrogen-bond acceptors (Lipinski definition) is 3. The summed E-state index contributed by atoms with van der Waals surface area (Å²) in [6.45, 7) is 6.19. The van der Waals surface area contributed by atoms with E-state index in [4.69, 9.17) is 0 Å². The first kappa shape index (κ1) is 13.5. The molecule has 16 heavy (non-hydrogen) atoms. The van der Waals surface area contributed by atoms with Crippen LogP contribution < -0.4 is 5.32 Å². The van der Waals surface area contributed by atoms with E-state index in [1.54, 1.807) is 11.8 Å². The van der Waals surface area contributed by atoms with Crippen molar-refractivity contribution in [3.63, 3.8) is 0 Å². The second kappa shape index (κ2) is 5.64. The summed E-state index contributed by atoms with van der Waals surface area (Å²) >= 11 is 0. The number of nitrogens with one attached hydrogen (secondary N) is 1. The van der Waals surface area contributed by atoms with E-state index in [1.807, 2.05) is 14.0 Å². The van der Waals surface area contributed by atoms with Crippen molar-refractivity contribution in [3.8, 4) is 0 Å². The molecule has 0 saturated carbocycles. The Morgan fingerprint density at radius 2 is 2.31 bits per heavy atom. The lowest BCUT2D eigenvalue weighted by molar-refractivity contribution is -0.141. The molecule has 0 aromatic rings. The van der Waals surface area contributed by atoms with Crippen molar-refractivity contribution in [3.05, 3.63) is 0 Å². The molecule has 1 aliphatic heterocycles. The first-order chi connectivity index (χ1) is 7.46. The molecule has 0 aromatic carbocycles. The van der Waals surface area contributed by atoms with E-state index in [0.29, 0.717) is 13.0 Å². The van der Waals surface area contributed by atoms with Gasteiger partial charge in [-0.25, -0.2) is 0 Å². The van der Waals surface area contributed by atoms with Gasteiger partial charge in [0.05, 0.1) is 11.5 Å². The number of amides is 1. The SMILES string of the molecule is CC(O)CCN(C)C(=O)C1(C)CCCNC1. The van der Waals surface area contributed by atoms with Gasteiger partial charge in [0.15, 0.2) is 0 Å². The molecular formula is C12H24N2O2. The van der Waals surface area contributed by atoms with Crippen LogP contribution in [0.1, 0.15) is 33.1 Å². The summed E-state index contributed by atoms with van der Waals surface area (Å²) in [5, 5.41) is 12.5. The average molecular weight is 228 g/mol. The largest absolute Gasteiger partial charge is 0.393 e. The zero-order chi connectivity index (χ0) is 12.2. The molecule has 1 aliphatic rings. The van der Waals surface area contributed by atoms with E-state index < -0.39 is 0 Å². The summed E-state index contributed by atoms with van der Waals surface area (Å²) in [6, 6.07) is 0. The molecule has 94 valence electrons. The number of nitrogens with zero attached hydrogens (tertiary/aromatic N) is 1. The third kappa shape index (κ3) is 3.46. The van der Waals surface area contributed by atoms with Crippen LogP contribution in [0.2, 0.25) is 0 Å². The molecule has 1 rings (SSSR count). The molecule has 4 heteroatoms. The van der Waals surface area contributed by atoms with Crippen LogP contribution in [0.4, 0.5) is 0 Å². The van der Waals surface area contributed by atoms with Gasteiger partial charge in [-0.15, -0.1) is 0 Å². The van der Waals surface area contributed by atoms with Gasteiger partial charge in [-0.05, 0) is 39.7 Å². The molecule has 4 nitrogen and oxygen atoms in total. The molecule has 0 bridgehead atoms. The van der Waals surface area contributed by atoms with Gasteiger partial charge in [0.2, 0.25) is 5.91 Å². The van der Waals surface area contributed by atoms with Gasteiger partial charge < -0.3 is 15.3 Å². The summed E-state index contributed by atoms with van der Waals surface area (Å²) in [6.07, 6.45) is 2.32. The molecule has 1 saturated heterocycles. The van der Waals surface area contributed by atoms with Gasteiger partial charge in [0, 0.05) is 20.1 Å². The van der Waals surface area contributed by atoms with Gasteiger partial charge >= 0.3 is 0 Å². The van der Waals surface area contributed by atoms with E-state index in [-0.39, 0.29) is 17.4 Å². The monoisotopic (exact) mass is 228 g/mol. The van der Waals surface area contributed by atoms with Gasteiger partial charge in [0.1, 0.15) is 0 Å². The quantitative estimate of drug-likeness (QED) is 0.741. The number of carbonyl (C=O) groups is 1. The van der Waals surface area contributed by atoms with Crippen molar-refractivity contribution in [1.29, 1.82) is 0 Å². The standard InChI is InChI=1S/C12H24N2O2/c1-10(15)5-8-14(3)11(16)12(2)6-4-7-13-9-12/h10,13,15H,4-9H2,1-3H3. The molecular weight excluding hydrogens is 204 g/mol. The molecule has 1 heterocycles. The zero-order valence-electron chi connectivity index (χ0n) is 10.6. The topological polar surface area (TPSA) is 52.6 Å². The van der Waals surface area contributed by atoms with E-state index >= 15 is 0 Å². The Labute approximate surface area is 98.0 Å². The third-order valence-corrected chi connectivity index (χ3v) is 3.34. The van der Waals surface area contributed by atoms with Gasteiger partial charge in [-0.1, -0.05) is 0 Å². The summed E-state index contributed by atoms with van der Waals surface area (Å²) in [7, 11) is 1.82. The number of hydrogen-bond donors (Lipinski definition) is 2. The minimum absolute atomic E-state index is 0.195. The van der Waals surface area contributed by atoms with Crippen LogP contribution >= 0.6 is 0 Å². The second-order valence-corrected chi connectivity index (χ2v) is 5.21. The Morgan fingerprint density at radius 1 is 1.62 bits per heavy atom. The predicted octanol–water partition coefficient (Wildman–Crippen LogP) is 0.605. The fourth-order valence-electron chi connectivity index (χ4n) is 2.18. The maximum atomic E-state index is 12.2. The van der Waals surface area contributed by atoms with Crippen molar-refractivity contribution < 1.29 is 9.90 Å². The molecule has 0 aliphatic carbocycles. The van der Waals surface area contributed by atoms with Crippen LogP contribution in [0.3, 0.4) is 0 Å². The van der Waals surface area contributed by atoms with Crippen molar-refractivity contribution in [1.82, 2.24) is 10.2 Å². The number of piperidine rings is 1. The highest BCUT2D eigenvalue weighted by atomic mass is 16.3. The Bertz CT molecular complexity index is 235. The zero-order valence-corrected chi connectivity index (χ0v) is 10.6. The Kier molecular flexibility index (Phi) is 4.74. The lowest BCUT2D eigenvalue weighted by Crippen LogP contribution is -2.49. The first-order valence-electron chi connectivity index (χ1n) is 6.10. The van der Waals surface area contributed by atoms with Crippen LogP contribution in [0.25, 0.3) is 0 Å². The van der Waals surface area contributed by atoms with Crippen LogP contribution in [-0.4, -0.2) is 48.7 Å². The highest BCUT2D eigenvalue weighted by Crippen LogP contribution is 2.27. The number of rotatable bonds is 4. The van der Waals surface area contributed by atoms with E-state index in [1.165, 1.54) is 0 Å². The van der Waals surface area contributed by atoms with Crippen molar-refractivity contribution in [2.45, 2.75) is 39.2 Å². The van der Waals surface area contributed by atoms with Gasteiger partial charge in [0.25, 0.3) is 0 Å². The molecule has 2 unspecified atom stereocenters. The number of carbonyl (C=O) groups excluding carboxylic acids is 1. The molecule has 0 radical (unpaired) electrons. The summed E-state index contributed by atoms with van der Waals surface area (Å²) < 4.78 is 0. The van der Waals surface area contributed by atoms with E-state index in [2.05, 4.69) is 5.32 Å². The van der Waals surface area contributed by atoms with Crippen LogP contribution in [0, 0.1) is 5.41 Å². The van der Waals surface area contributed by atoms with Gasteiger partial charge in [-0.2, -0.15) is 0 Å². The molecule has 1 fully saturated rings. The normalized spacial score (nSPS) is 27.5. The van der Waals surface area contributed by atoms with Crippen LogP contribution in [0.5, 0.6) is 0 Å². The van der Waals surface area contributed by atoms with Crippen LogP contribution in [-0.2, 0) is 4.79 Å². The number of aliphatic hydroxyl groups is 1. The lowest BCUT2D eigenvalue weighted by Gasteiger charge is -2.36. The summed E-state index contributed by atoms with van der Waals surface area (Å²) in [4.78, 5) is 14.0. The van der Waals surface area contributed by atoms with Gasteiger partial charge in [-0.3, -0.25) is 4.79 Å². The Hall–Kier alpha value is -0.610. The van der Waals surface area contributed by atoms with E-state index in [0.717, 1.165) is 25.9 Å². The third-order valence-electron chi connectivity index (χ3n) is 3.34. The molecule has 2 N–H and O–H groups in total. The fraction of sp³-hybridized carbons (Fsp3) is 0.917. The van der Waals surface area contributed by atoms with Crippen molar-refractivity contribution in [2.75, 3.05) is 26.7 Å². The lowest BCUT2D eigenvalue weighted by atomic mass is 9.81.